The zero-order chi connectivity index (χ0) is 16.8. The van der Waals surface area contributed by atoms with E-state index in [2.05, 4.69) is 17.4 Å². The maximum Gasteiger partial charge on any atom is 0.249 e. The van der Waals surface area contributed by atoms with E-state index in [1.807, 2.05) is 42.8 Å². The molecule has 4 rings (SSSR count). The van der Waals surface area contributed by atoms with Gasteiger partial charge in [-0.25, -0.2) is 4.98 Å². The lowest BCUT2D eigenvalue weighted by molar-refractivity contribution is 0.0999. The molecule has 0 spiro atoms. The van der Waals surface area contributed by atoms with Crippen LogP contribution in [0.5, 0.6) is 0 Å². The van der Waals surface area contributed by atoms with Gasteiger partial charge < -0.3 is 15.6 Å². The maximum atomic E-state index is 12.0. The summed E-state index contributed by atoms with van der Waals surface area (Å²) in [5, 5.41) is 3.61. The first-order chi connectivity index (χ1) is 11.6. The van der Waals surface area contributed by atoms with Crippen molar-refractivity contribution in [2.75, 3.05) is 5.32 Å². The van der Waals surface area contributed by atoms with Gasteiger partial charge in [-0.05, 0) is 37.0 Å². The van der Waals surface area contributed by atoms with Gasteiger partial charge >= 0.3 is 0 Å². The van der Waals surface area contributed by atoms with E-state index in [0.717, 1.165) is 41.0 Å². The molecule has 0 aliphatic carbocycles. The van der Waals surface area contributed by atoms with Gasteiger partial charge in [-0.1, -0.05) is 30.3 Å². The molecule has 5 heteroatoms. The Morgan fingerprint density at radius 3 is 2.79 bits per heavy atom. The number of benzene rings is 2. The minimum Gasteiger partial charge on any atom is -0.376 e. The lowest BCUT2D eigenvalue weighted by atomic mass is 9.89. The molecular weight excluding hydrogens is 300 g/mol. The first-order valence-corrected chi connectivity index (χ1v) is 8.16. The normalized spacial score (nSPS) is 16.7. The van der Waals surface area contributed by atoms with Gasteiger partial charge in [0.2, 0.25) is 5.91 Å². The monoisotopic (exact) mass is 320 g/mol. The predicted octanol–water partition coefficient (Wildman–Crippen LogP) is 3.08. The minimum atomic E-state index is -0.382. The van der Waals surface area contributed by atoms with Crippen molar-refractivity contribution in [3.05, 3.63) is 58.9 Å². The lowest BCUT2D eigenvalue weighted by Gasteiger charge is -2.29. The summed E-state index contributed by atoms with van der Waals surface area (Å²) in [6, 6.07) is 12.5. The van der Waals surface area contributed by atoms with E-state index in [0.29, 0.717) is 5.56 Å². The molecule has 0 fully saturated rings. The average Bonchev–Trinajstić information content (AvgIpc) is 2.89. The molecule has 0 bridgehead atoms. The van der Waals surface area contributed by atoms with Crippen molar-refractivity contribution in [3.63, 3.8) is 0 Å². The number of fused-ring (bicyclic) bond motifs is 3. The lowest BCUT2D eigenvalue weighted by Crippen LogP contribution is -2.23. The largest absolute Gasteiger partial charge is 0.376 e. The highest BCUT2D eigenvalue weighted by atomic mass is 16.1. The van der Waals surface area contributed by atoms with Crippen molar-refractivity contribution in [2.24, 2.45) is 12.8 Å². The van der Waals surface area contributed by atoms with Crippen molar-refractivity contribution in [1.29, 1.82) is 0 Å². The Hall–Kier alpha value is -2.82. The fourth-order valence-electron chi connectivity index (χ4n) is 3.58. The summed E-state index contributed by atoms with van der Waals surface area (Å²) in [7, 11) is 1.96. The average molecular weight is 320 g/mol. The number of rotatable bonds is 2. The van der Waals surface area contributed by atoms with Crippen LogP contribution in [0.15, 0.2) is 36.4 Å². The summed E-state index contributed by atoms with van der Waals surface area (Å²) < 4.78 is 2.00. The number of aromatic nitrogens is 2. The second kappa shape index (κ2) is 5.37. The standard InChI is InChI=1S/C19H20N4O/c1-11-21-18-16(23(11)2)10-14(19(20)24)13-8-9-15(22-17(13)18)12-6-4-3-5-7-12/h3-7,10,15,22H,8-9H2,1-2H3,(H2,20,24). The van der Waals surface area contributed by atoms with Crippen LogP contribution in [0.25, 0.3) is 11.0 Å². The number of anilines is 1. The van der Waals surface area contributed by atoms with Crippen molar-refractivity contribution in [3.8, 4) is 0 Å². The Labute approximate surface area is 140 Å². The third-order valence-corrected chi connectivity index (χ3v) is 4.98. The van der Waals surface area contributed by atoms with Gasteiger partial charge in [0.05, 0.1) is 17.2 Å². The number of nitrogens with one attached hydrogen (secondary N) is 1. The van der Waals surface area contributed by atoms with E-state index in [1.165, 1.54) is 5.56 Å². The van der Waals surface area contributed by atoms with Crippen molar-refractivity contribution < 1.29 is 4.79 Å². The van der Waals surface area contributed by atoms with Gasteiger partial charge in [-0.2, -0.15) is 0 Å². The second-order valence-electron chi connectivity index (χ2n) is 6.37. The molecule has 24 heavy (non-hydrogen) atoms. The van der Waals surface area contributed by atoms with Crippen LogP contribution in [-0.2, 0) is 13.5 Å². The number of carbonyl (C=O) groups is 1. The van der Waals surface area contributed by atoms with Gasteiger partial charge in [0.15, 0.2) is 0 Å². The third kappa shape index (κ3) is 2.16. The van der Waals surface area contributed by atoms with E-state index in [4.69, 9.17) is 10.7 Å². The highest BCUT2D eigenvalue weighted by Crippen LogP contribution is 2.39. The van der Waals surface area contributed by atoms with Crippen LogP contribution in [0.4, 0.5) is 5.69 Å². The molecule has 1 amide bonds. The number of aryl methyl sites for hydroxylation is 2. The van der Waals surface area contributed by atoms with Gasteiger partial charge in [0, 0.05) is 12.6 Å². The molecule has 1 atom stereocenters. The molecule has 3 N–H and O–H groups in total. The Kier molecular flexibility index (Phi) is 3.30. The minimum absolute atomic E-state index is 0.215. The molecule has 3 aromatic rings. The topological polar surface area (TPSA) is 72.9 Å². The van der Waals surface area contributed by atoms with Crippen molar-refractivity contribution >= 4 is 22.6 Å². The summed E-state index contributed by atoms with van der Waals surface area (Å²) in [5.74, 6) is 0.532. The molecule has 122 valence electrons. The van der Waals surface area contributed by atoms with Gasteiger partial charge in [0.25, 0.3) is 0 Å². The fraction of sp³-hybridized carbons (Fsp3) is 0.263. The number of carbonyl (C=O) groups excluding carboxylic acids is 1. The van der Waals surface area contributed by atoms with Crippen LogP contribution in [0.3, 0.4) is 0 Å². The molecule has 5 nitrogen and oxygen atoms in total. The number of hydrogen-bond donors (Lipinski definition) is 2. The highest BCUT2D eigenvalue weighted by molar-refractivity contribution is 6.03. The van der Waals surface area contributed by atoms with Crippen molar-refractivity contribution in [2.45, 2.75) is 25.8 Å². The SMILES string of the molecule is Cc1nc2c3c(c(C(N)=O)cc2n1C)CCC(c1ccccc1)N3. The Balaban J connectivity index is 1.91. The predicted molar refractivity (Wildman–Crippen MR) is 95.1 cm³/mol. The van der Waals surface area contributed by atoms with E-state index in [1.54, 1.807) is 0 Å². The van der Waals surface area contributed by atoms with Crippen LogP contribution >= 0.6 is 0 Å². The number of imidazole rings is 1. The summed E-state index contributed by atoms with van der Waals surface area (Å²) >= 11 is 0. The van der Waals surface area contributed by atoms with Crippen molar-refractivity contribution in [1.82, 2.24) is 9.55 Å². The summed E-state index contributed by atoms with van der Waals surface area (Å²) in [4.78, 5) is 16.7. The first kappa shape index (κ1) is 14.8. The van der Waals surface area contributed by atoms with E-state index >= 15 is 0 Å². The number of amides is 1. The number of nitrogens with two attached hydrogens (primary N) is 1. The molecular formula is C19H20N4O. The molecule has 0 saturated heterocycles. The Morgan fingerprint density at radius 1 is 1.33 bits per heavy atom. The second-order valence-corrected chi connectivity index (χ2v) is 6.37. The highest BCUT2D eigenvalue weighted by Gasteiger charge is 2.27. The van der Waals surface area contributed by atoms with Gasteiger partial charge in [-0.3, -0.25) is 4.79 Å². The van der Waals surface area contributed by atoms with Gasteiger partial charge in [-0.15, -0.1) is 0 Å². The third-order valence-electron chi connectivity index (χ3n) is 4.98. The van der Waals surface area contributed by atoms with Gasteiger partial charge in [0.1, 0.15) is 11.3 Å². The first-order valence-electron chi connectivity index (χ1n) is 8.16. The fourth-order valence-corrected chi connectivity index (χ4v) is 3.58. The number of hydrogen-bond acceptors (Lipinski definition) is 3. The van der Waals surface area contributed by atoms with Crippen LogP contribution in [0, 0.1) is 6.92 Å². The van der Waals surface area contributed by atoms with Crippen LogP contribution in [0.1, 0.15) is 39.8 Å². The molecule has 1 aliphatic heterocycles. The zero-order valence-electron chi connectivity index (χ0n) is 13.8. The summed E-state index contributed by atoms with van der Waals surface area (Å²) in [6.45, 7) is 1.97. The smallest absolute Gasteiger partial charge is 0.249 e. The molecule has 0 radical (unpaired) electrons. The number of primary amides is 1. The summed E-state index contributed by atoms with van der Waals surface area (Å²) in [5.41, 5.74) is 11.3. The quantitative estimate of drug-likeness (QED) is 0.762. The molecule has 1 aromatic heterocycles. The van der Waals surface area contributed by atoms with Crippen LogP contribution in [0.2, 0.25) is 0 Å². The summed E-state index contributed by atoms with van der Waals surface area (Å²) in [6.07, 6.45) is 1.74. The van der Waals surface area contributed by atoms with Crippen LogP contribution in [-0.4, -0.2) is 15.5 Å². The molecule has 2 heterocycles. The Bertz CT molecular complexity index is 943. The zero-order valence-corrected chi connectivity index (χ0v) is 13.8. The van der Waals surface area contributed by atoms with E-state index in [-0.39, 0.29) is 11.9 Å². The molecule has 2 aromatic carbocycles. The van der Waals surface area contributed by atoms with E-state index in [9.17, 15) is 4.79 Å². The number of nitrogens with zero attached hydrogens (tertiary/aromatic N) is 2. The van der Waals surface area contributed by atoms with Crippen LogP contribution < -0.4 is 11.1 Å². The van der Waals surface area contributed by atoms with E-state index < -0.39 is 0 Å². The molecule has 1 aliphatic rings. The molecule has 1 unspecified atom stereocenters. The molecule has 0 saturated carbocycles. The maximum absolute atomic E-state index is 12.0. The Morgan fingerprint density at radius 2 is 2.08 bits per heavy atom.